The van der Waals surface area contributed by atoms with Gasteiger partial charge in [-0.3, -0.25) is 10.1 Å². The Balaban J connectivity index is 3.35. The lowest BCUT2D eigenvalue weighted by Crippen LogP contribution is -2.13. The van der Waals surface area contributed by atoms with Crippen molar-refractivity contribution in [1.82, 2.24) is 0 Å². The number of nitrogens with zero attached hydrogens (tertiary/aromatic N) is 1. The van der Waals surface area contributed by atoms with E-state index in [4.69, 9.17) is 10.2 Å². The first-order valence-corrected chi connectivity index (χ1v) is 3.88. The van der Waals surface area contributed by atoms with Crippen LogP contribution in [0, 0.1) is 21.7 Å². The zero-order valence-corrected chi connectivity index (χ0v) is 7.55. The molecule has 0 aromatic heterocycles. The zero-order valence-electron chi connectivity index (χ0n) is 7.55. The van der Waals surface area contributed by atoms with E-state index < -0.39 is 39.9 Å². The fourth-order valence-electron chi connectivity index (χ4n) is 1.04. The predicted molar refractivity (Wildman–Crippen MR) is 45.6 cm³/mol. The molecule has 0 bridgehead atoms. The molecule has 0 aliphatic carbocycles. The largest absolute Gasteiger partial charge is 0.479 e. The Labute approximate surface area is 86.9 Å². The predicted octanol–water partition coefficient (Wildman–Crippen LogP) is 0.991. The van der Waals surface area contributed by atoms with Gasteiger partial charge in [0, 0.05) is 17.7 Å². The summed E-state index contributed by atoms with van der Waals surface area (Å²) in [5, 5.41) is 27.7. The average molecular weight is 233 g/mol. The van der Waals surface area contributed by atoms with Crippen molar-refractivity contribution in [2.24, 2.45) is 0 Å². The first kappa shape index (κ1) is 12.0. The van der Waals surface area contributed by atoms with E-state index in [9.17, 15) is 23.7 Å². The molecule has 6 nitrogen and oxygen atoms in total. The molecule has 1 atom stereocenters. The van der Waals surface area contributed by atoms with E-state index in [1.165, 1.54) is 0 Å². The molecular formula is C8H5F2NO5. The number of aliphatic hydroxyl groups is 1. The minimum Gasteiger partial charge on any atom is -0.479 e. The molecular weight excluding hydrogens is 228 g/mol. The Hall–Kier alpha value is -2.09. The van der Waals surface area contributed by atoms with Crippen LogP contribution in [0.15, 0.2) is 12.1 Å². The number of nitro benzene ring substituents is 1. The fourth-order valence-corrected chi connectivity index (χ4v) is 1.04. The number of halogens is 2. The Bertz CT molecular complexity index is 462. The number of hydrogen-bond acceptors (Lipinski definition) is 4. The van der Waals surface area contributed by atoms with Crippen LogP contribution >= 0.6 is 0 Å². The number of rotatable bonds is 3. The van der Waals surface area contributed by atoms with Crippen molar-refractivity contribution in [3.8, 4) is 0 Å². The summed E-state index contributed by atoms with van der Waals surface area (Å²) in [5.74, 6) is -4.60. The summed E-state index contributed by atoms with van der Waals surface area (Å²) >= 11 is 0. The summed E-state index contributed by atoms with van der Waals surface area (Å²) in [4.78, 5) is 19.5. The quantitative estimate of drug-likeness (QED) is 0.598. The standard InChI is InChI=1S/C8H5F2NO5/c9-4-2-5(10)6(11(15)16)1-3(4)7(12)8(13)14/h1-2,7,12H,(H,13,14)/t7-/m1/s1. The maximum Gasteiger partial charge on any atom is 0.337 e. The van der Waals surface area contributed by atoms with Crippen LogP contribution < -0.4 is 0 Å². The maximum atomic E-state index is 13.0. The van der Waals surface area contributed by atoms with Crippen molar-refractivity contribution in [3.05, 3.63) is 39.4 Å². The molecule has 86 valence electrons. The van der Waals surface area contributed by atoms with E-state index in [2.05, 4.69) is 0 Å². The van der Waals surface area contributed by atoms with Crippen LogP contribution in [0.4, 0.5) is 14.5 Å². The van der Waals surface area contributed by atoms with Gasteiger partial charge in [0.15, 0.2) is 6.10 Å². The minimum absolute atomic E-state index is 0.152. The summed E-state index contributed by atoms with van der Waals surface area (Å²) in [6.45, 7) is 0. The van der Waals surface area contributed by atoms with Gasteiger partial charge in [0.2, 0.25) is 5.82 Å². The van der Waals surface area contributed by atoms with E-state index in [-0.39, 0.29) is 6.07 Å². The monoisotopic (exact) mass is 233 g/mol. The normalized spacial score (nSPS) is 12.2. The first-order chi connectivity index (χ1) is 7.34. The van der Waals surface area contributed by atoms with Gasteiger partial charge < -0.3 is 10.2 Å². The van der Waals surface area contributed by atoms with Crippen molar-refractivity contribution in [2.75, 3.05) is 0 Å². The summed E-state index contributed by atoms with van der Waals surface area (Å²) in [6.07, 6.45) is -2.28. The summed E-state index contributed by atoms with van der Waals surface area (Å²) < 4.78 is 25.9. The number of carboxylic acids is 1. The van der Waals surface area contributed by atoms with Crippen LogP contribution in [0.25, 0.3) is 0 Å². The first-order valence-electron chi connectivity index (χ1n) is 3.88. The van der Waals surface area contributed by atoms with Gasteiger partial charge in [0.05, 0.1) is 4.92 Å². The maximum absolute atomic E-state index is 13.0. The van der Waals surface area contributed by atoms with Crippen LogP contribution in [-0.2, 0) is 4.79 Å². The van der Waals surface area contributed by atoms with Crippen LogP contribution in [0.2, 0.25) is 0 Å². The molecule has 1 aromatic carbocycles. The Morgan fingerprint density at radius 1 is 1.38 bits per heavy atom. The third-order valence-electron chi connectivity index (χ3n) is 1.79. The zero-order chi connectivity index (χ0) is 12.5. The van der Waals surface area contributed by atoms with Gasteiger partial charge in [0.25, 0.3) is 0 Å². The van der Waals surface area contributed by atoms with Crippen LogP contribution in [-0.4, -0.2) is 21.1 Å². The highest BCUT2D eigenvalue weighted by molar-refractivity contribution is 5.74. The van der Waals surface area contributed by atoms with Gasteiger partial charge in [-0.25, -0.2) is 9.18 Å². The van der Waals surface area contributed by atoms with E-state index >= 15 is 0 Å². The summed E-state index contributed by atoms with van der Waals surface area (Å²) in [5.41, 5.74) is -1.96. The lowest BCUT2D eigenvalue weighted by atomic mass is 10.1. The molecule has 0 aliphatic heterocycles. The minimum atomic E-state index is -2.28. The second-order valence-electron chi connectivity index (χ2n) is 2.82. The number of hydrogen-bond donors (Lipinski definition) is 2. The number of nitro groups is 1. The van der Waals surface area contributed by atoms with Crippen molar-refractivity contribution >= 4 is 11.7 Å². The van der Waals surface area contributed by atoms with Crippen LogP contribution in [0.3, 0.4) is 0 Å². The highest BCUT2D eigenvalue weighted by Gasteiger charge is 2.26. The molecule has 0 fully saturated rings. The average Bonchev–Trinajstić information content (AvgIpc) is 2.16. The number of carbonyl (C=O) groups is 1. The third kappa shape index (κ3) is 2.11. The smallest absolute Gasteiger partial charge is 0.337 e. The number of aliphatic carboxylic acids is 1. The van der Waals surface area contributed by atoms with Crippen molar-refractivity contribution in [3.63, 3.8) is 0 Å². The number of carboxylic acid groups (broad SMARTS) is 1. The molecule has 0 saturated heterocycles. The number of benzene rings is 1. The van der Waals surface area contributed by atoms with Crippen LogP contribution in [0.1, 0.15) is 11.7 Å². The molecule has 0 heterocycles. The van der Waals surface area contributed by atoms with Crippen molar-refractivity contribution in [2.45, 2.75) is 6.10 Å². The van der Waals surface area contributed by atoms with E-state index in [0.29, 0.717) is 6.07 Å². The molecule has 1 aromatic rings. The highest BCUT2D eigenvalue weighted by atomic mass is 19.1. The molecule has 0 saturated carbocycles. The Morgan fingerprint density at radius 3 is 2.38 bits per heavy atom. The molecule has 0 radical (unpaired) electrons. The lowest BCUT2D eigenvalue weighted by molar-refractivity contribution is -0.387. The van der Waals surface area contributed by atoms with E-state index in [1.54, 1.807) is 0 Å². The Kier molecular flexibility index (Phi) is 3.14. The molecule has 0 aliphatic rings. The summed E-state index contributed by atoms with van der Waals surface area (Å²) in [7, 11) is 0. The number of aliphatic hydroxyl groups excluding tert-OH is 1. The van der Waals surface area contributed by atoms with E-state index in [0.717, 1.165) is 0 Å². The molecule has 16 heavy (non-hydrogen) atoms. The van der Waals surface area contributed by atoms with Crippen LogP contribution in [0.5, 0.6) is 0 Å². The van der Waals surface area contributed by atoms with Crippen molar-refractivity contribution < 1.29 is 28.7 Å². The van der Waals surface area contributed by atoms with Crippen molar-refractivity contribution in [1.29, 1.82) is 0 Å². The highest BCUT2D eigenvalue weighted by Crippen LogP contribution is 2.25. The van der Waals surface area contributed by atoms with Gasteiger partial charge in [-0.2, -0.15) is 4.39 Å². The van der Waals surface area contributed by atoms with E-state index in [1.807, 2.05) is 0 Å². The molecule has 8 heteroatoms. The molecule has 0 spiro atoms. The molecule has 1 rings (SSSR count). The SMILES string of the molecule is O=C(O)[C@H](O)c1cc([N+](=O)[O-])c(F)cc1F. The van der Waals surface area contributed by atoms with Gasteiger partial charge in [-0.15, -0.1) is 0 Å². The second kappa shape index (κ2) is 4.19. The van der Waals surface area contributed by atoms with Gasteiger partial charge in [0.1, 0.15) is 5.82 Å². The second-order valence-corrected chi connectivity index (χ2v) is 2.82. The molecule has 0 unspecified atom stereocenters. The third-order valence-corrected chi connectivity index (χ3v) is 1.79. The molecule has 2 N–H and O–H groups in total. The van der Waals surface area contributed by atoms with Gasteiger partial charge in [-0.1, -0.05) is 0 Å². The Morgan fingerprint density at radius 2 is 1.94 bits per heavy atom. The summed E-state index contributed by atoms with van der Waals surface area (Å²) in [6, 6.07) is 0.503. The molecule has 0 amide bonds. The van der Waals surface area contributed by atoms with Gasteiger partial charge in [-0.05, 0) is 0 Å². The fraction of sp³-hybridized carbons (Fsp3) is 0.125. The van der Waals surface area contributed by atoms with Gasteiger partial charge >= 0.3 is 11.7 Å². The topological polar surface area (TPSA) is 101 Å². The lowest BCUT2D eigenvalue weighted by Gasteiger charge is -2.06.